The molecule has 0 unspecified atom stereocenters. The smallest absolute Gasteiger partial charge is 0.338 e. The monoisotopic (exact) mass is 343 g/mol. The first kappa shape index (κ1) is 17.6. The lowest BCUT2D eigenvalue weighted by atomic mass is 9.67. The van der Waals surface area contributed by atoms with Crippen molar-refractivity contribution >= 4 is 11.7 Å². The molecule has 0 fully saturated rings. The molecule has 2 atom stereocenters. The number of hydrogen-bond donors (Lipinski definition) is 1. The molecule has 1 aromatic carbocycles. The molecule has 25 heavy (non-hydrogen) atoms. The van der Waals surface area contributed by atoms with E-state index >= 15 is 0 Å². The maximum atomic E-state index is 11.9. The lowest BCUT2D eigenvalue weighted by Gasteiger charge is -2.46. The SMILES string of the molecule is CCCc1cc2c(c(N=O)c1C(=O)O)[C@@H]1C=C(C)CC[C@H]1C(C)(C)O2. The highest BCUT2D eigenvalue weighted by molar-refractivity contribution is 5.97. The highest BCUT2D eigenvalue weighted by Crippen LogP contribution is 2.54. The molecular weight excluding hydrogens is 318 g/mol. The van der Waals surface area contributed by atoms with Gasteiger partial charge in [-0.25, -0.2) is 4.79 Å². The Morgan fingerprint density at radius 1 is 1.44 bits per heavy atom. The normalized spacial score (nSPS) is 23.8. The van der Waals surface area contributed by atoms with E-state index in [1.807, 2.05) is 13.0 Å². The maximum Gasteiger partial charge on any atom is 0.338 e. The van der Waals surface area contributed by atoms with E-state index in [9.17, 15) is 14.8 Å². The van der Waals surface area contributed by atoms with Gasteiger partial charge in [-0.05, 0) is 56.8 Å². The largest absolute Gasteiger partial charge is 0.487 e. The zero-order chi connectivity index (χ0) is 18.4. The Labute approximate surface area is 148 Å². The minimum atomic E-state index is -1.10. The third kappa shape index (κ3) is 2.86. The van der Waals surface area contributed by atoms with Crippen molar-refractivity contribution in [2.45, 2.75) is 64.9 Å². The molecule has 0 radical (unpaired) electrons. The number of carboxylic acids is 1. The molecular formula is C20H25NO4. The maximum absolute atomic E-state index is 11.9. The first-order valence-electron chi connectivity index (χ1n) is 8.92. The lowest BCUT2D eigenvalue weighted by Crippen LogP contribution is -2.45. The Morgan fingerprint density at radius 2 is 2.16 bits per heavy atom. The minimum absolute atomic E-state index is 0.0334. The number of carboxylic acid groups (broad SMARTS) is 1. The Balaban J connectivity index is 2.32. The number of aryl methyl sites for hydroxylation is 1. The molecule has 2 aliphatic rings. The van der Waals surface area contributed by atoms with Crippen LogP contribution in [0.1, 0.15) is 74.4 Å². The number of aromatic carboxylic acids is 1. The Hall–Kier alpha value is -2.17. The van der Waals surface area contributed by atoms with E-state index in [2.05, 4.69) is 32.0 Å². The summed E-state index contributed by atoms with van der Waals surface area (Å²) in [6.07, 6.45) is 5.47. The van der Waals surface area contributed by atoms with E-state index in [0.29, 0.717) is 23.3 Å². The average molecular weight is 343 g/mol. The van der Waals surface area contributed by atoms with Crippen molar-refractivity contribution in [2.75, 3.05) is 0 Å². The van der Waals surface area contributed by atoms with Gasteiger partial charge in [-0.15, -0.1) is 4.91 Å². The van der Waals surface area contributed by atoms with Gasteiger partial charge in [-0.3, -0.25) is 0 Å². The standard InChI is InChI=1S/C20H25NO4/c1-5-6-12-10-15-17(18(21-24)16(12)19(22)23)13-9-11(2)7-8-14(13)20(3,4)25-15/h9-10,13-14H,5-8H2,1-4H3,(H,22,23)/t13-,14-/m1/s1. The van der Waals surface area contributed by atoms with Gasteiger partial charge in [0.25, 0.3) is 0 Å². The summed E-state index contributed by atoms with van der Waals surface area (Å²) in [4.78, 5) is 23.5. The summed E-state index contributed by atoms with van der Waals surface area (Å²) in [5.74, 6) is -0.323. The second kappa shape index (κ2) is 6.28. The molecule has 1 aliphatic carbocycles. The van der Waals surface area contributed by atoms with Gasteiger partial charge >= 0.3 is 5.97 Å². The van der Waals surface area contributed by atoms with E-state index in [1.165, 1.54) is 5.57 Å². The predicted molar refractivity (Wildman–Crippen MR) is 96.8 cm³/mol. The Bertz CT molecular complexity index is 763. The van der Waals surface area contributed by atoms with Crippen LogP contribution in [0.2, 0.25) is 0 Å². The van der Waals surface area contributed by atoms with Gasteiger partial charge in [0, 0.05) is 17.4 Å². The van der Waals surface area contributed by atoms with Crippen molar-refractivity contribution < 1.29 is 14.6 Å². The quantitative estimate of drug-likeness (QED) is 0.591. The van der Waals surface area contributed by atoms with E-state index in [0.717, 1.165) is 19.3 Å². The van der Waals surface area contributed by atoms with Crippen LogP contribution < -0.4 is 4.74 Å². The van der Waals surface area contributed by atoms with Crippen LogP contribution in [0.15, 0.2) is 22.9 Å². The highest BCUT2D eigenvalue weighted by atomic mass is 16.5. The number of carbonyl (C=O) groups is 1. The van der Waals surface area contributed by atoms with Crippen LogP contribution in [0.5, 0.6) is 5.75 Å². The molecule has 0 spiro atoms. The molecule has 0 saturated heterocycles. The number of benzene rings is 1. The van der Waals surface area contributed by atoms with Crippen LogP contribution in [-0.4, -0.2) is 16.7 Å². The first-order chi connectivity index (χ1) is 11.8. The third-order valence-corrected chi connectivity index (χ3v) is 5.55. The predicted octanol–water partition coefficient (Wildman–Crippen LogP) is 5.35. The summed E-state index contributed by atoms with van der Waals surface area (Å²) >= 11 is 0. The van der Waals surface area contributed by atoms with Crippen molar-refractivity contribution in [1.82, 2.24) is 0 Å². The van der Waals surface area contributed by atoms with Gasteiger partial charge in [0.05, 0.1) is 5.56 Å². The van der Waals surface area contributed by atoms with E-state index in [-0.39, 0.29) is 28.7 Å². The summed E-state index contributed by atoms with van der Waals surface area (Å²) in [6, 6.07) is 1.81. The van der Waals surface area contributed by atoms with Gasteiger partial charge in [0.1, 0.15) is 17.0 Å². The summed E-state index contributed by atoms with van der Waals surface area (Å²) in [5.41, 5.74) is 2.24. The van der Waals surface area contributed by atoms with Crippen molar-refractivity contribution in [3.63, 3.8) is 0 Å². The number of hydrogen-bond acceptors (Lipinski definition) is 4. The Morgan fingerprint density at radius 3 is 2.76 bits per heavy atom. The molecule has 5 heteroatoms. The lowest BCUT2D eigenvalue weighted by molar-refractivity contribution is 0.0118. The Kier molecular flexibility index (Phi) is 4.43. The molecule has 5 nitrogen and oxygen atoms in total. The van der Waals surface area contributed by atoms with Gasteiger partial charge in [0.15, 0.2) is 0 Å². The summed E-state index contributed by atoms with van der Waals surface area (Å²) in [6.45, 7) is 8.20. The zero-order valence-electron chi connectivity index (χ0n) is 15.3. The summed E-state index contributed by atoms with van der Waals surface area (Å²) in [5, 5.41) is 12.9. The van der Waals surface area contributed by atoms with Gasteiger partial charge in [-0.1, -0.05) is 25.0 Å². The van der Waals surface area contributed by atoms with Gasteiger partial charge < -0.3 is 9.84 Å². The van der Waals surface area contributed by atoms with E-state index in [1.54, 1.807) is 0 Å². The molecule has 1 aliphatic heterocycles. The van der Waals surface area contributed by atoms with E-state index in [4.69, 9.17) is 4.74 Å². The molecule has 1 aromatic rings. The van der Waals surface area contributed by atoms with Gasteiger partial charge in [-0.2, -0.15) is 0 Å². The second-order valence-corrected chi connectivity index (χ2v) is 7.71. The first-order valence-corrected chi connectivity index (χ1v) is 8.92. The molecule has 1 N–H and O–H groups in total. The molecule has 0 bridgehead atoms. The number of nitroso groups, excluding NO2 is 1. The fourth-order valence-electron chi connectivity index (χ4n) is 4.41. The van der Waals surface area contributed by atoms with Crippen molar-refractivity contribution in [1.29, 1.82) is 0 Å². The second-order valence-electron chi connectivity index (χ2n) is 7.71. The van der Waals surface area contributed by atoms with Crippen LogP contribution >= 0.6 is 0 Å². The average Bonchev–Trinajstić information content (AvgIpc) is 2.52. The molecule has 1 heterocycles. The number of fused-ring (bicyclic) bond motifs is 3. The molecule has 0 amide bonds. The summed E-state index contributed by atoms with van der Waals surface area (Å²) in [7, 11) is 0. The van der Waals surface area contributed by atoms with Crippen LogP contribution in [0, 0.1) is 10.8 Å². The van der Waals surface area contributed by atoms with Crippen LogP contribution in [0.4, 0.5) is 5.69 Å². The van der Waals surface area contributed by atoms with Crippen molar-refractivity contribution in [2.24, 2.45) is 11.1 Å². The highest BCUT2D eigenvalue weighted by Gasteiger charge is 2.46. The fraction of sp³-hybridized carbons (Fsp3) is 0.550. The molecule has 134 valence electrons. The molecule has 0 aromatic heterocycles. The fourth-order valence-corrected chi connectivity index (χ4v) is 4.41. The summed E-state index contributed by atoms with van der Waals surface area (Å²) < 4.78 is 6.27. The third-order valence-electron chi connectivity index (χ3n) is 5.55. The van der Waals surface area contributed by atoms with Crippen molar-refractivity contribution in [3.8, 4) is 5.75 Å². The van der Waals surface area contributed by atoms with Crippen molar-refractivity contribution in [3.05, 3.63) is 39.3 Å². The van der Waals surface area contributed by atoms with Crippen LogP contribution in [0.3, 0.4) is 0 Å². The van der Waals surface area contributed by atoms with Crippen LogP contribution in [-0.2, 0) is 6.42 Å². The number of rotatable bonds is 4. The topological polar surface area (TPSA) is 76.0 Å². The number of nitrogens with zero attached hydrogens (tertiary/aromatic N) is 1. The zero-order valence-corrected chi connectivity index (χ0v) is 15.3. The number of ether oxygens (including phenoxy) is 1. The van der Waals surface area contributed by atoms with Crippen LogP contribution in [0.25, 0.3) is 0 Å². The van der Waals surface area contributed by atoms with E-state index < -0.39 is 5.97 Å². The molecule has 0 saturated carbocycles. The number of allylic oxidation sites excluding steroid dienone is 2. The minimum Gasteiger partial charge on any atom is -0.487 e. The van der Waals surface area contributed by atoms with Gasteiger partial charge in [0.2, 0.25) is 0 Å². The molecule has 3 rings (SSSR count).